The normalized spacial score (nSPS) is 12.9. The van der Waals surface area contributed by atoms with Crippen LogP contribution < -0.4 is 0 Å². The zero-order valence-electron chi connectivity index (χ0n) is 7.62. The van der Waals surface area contributed by atoms with E-state index >= 15 is 0 Å². The van der Waals surface area contributed by atoms with Crippen molar-refractivity contribution in [3.63, 3.8) is 0 Å². The van der Waals surface area contributed by atoms with Gasteiger partial charge in [0.25, 0.3) is 0 Å². The molecule has 2 heteroatoms. The summed E-state index contributed by atoms with van der Waals surface area (Å²) >= 11 is 0. The zero-order chi connectivity index (χ0) is 8.97. The van der Waals surface area contributed by atoms with Crippen molar-refractivity contribution in [1.29, 1.82) is 0 Å². The summed E-state index contributed by atoms with van der Waals surface area (Å²) in [7, 11) is 0. The molecule has 0 aliphatic heterocycles. The maximum atomic E-state index is 9.20. The molecule has 1 atom stereocenters. The largest absolute Gasteiger partial charge is 0.393 e. The van der Waals surface area contributed by atoms with Gasteiger partial charge in [0, 0.05) is 12.4 Å². The van der Waals surface area contributed by atoms with E-state index in [0.29, 0.717) is 6.42 Å². The van der Waals surface area contributed by atoms with Crippen LogP contribution in [0.4, 0.5) is 0 Å². The van der Waals surface area contributed by atoms with Gasteiger partial charge in [-0.25, -0.2) is 0 Å². The monoisotopic (exact) mass is 165 g/mol. The van der Waals surface area contributed by atoms with Crippen LogP contribution in [0.3, 0.4) is 0 Å². The summed E-state index contributed by atoms with van der Waals surface area (Å²) in [4.78, 5) is 4.04. The highest BCUT2D eigenvalue weighted by molar-refractivity contribution is 5.23. The summed E-state index contributed by atoms with van der Waals surface area (Å²) in [6.07, 6.45) is 5.07. The van der Waals surface area contributed by atoms with Gasteiger partial charge >= 0.3 is 0 Å². The Bertz CT molecular complexity index is 245. The Hall–Kier alpha value is -0.890. The fourth-order valence-electron chi connectivity index (χ4n) is 1.30. The van der Waals surface area contributed by atoms with Crippen LogP contribution in [0.5, 0.6) is 0 Å². The molecule has 1 unspecified atom stereocenters. The van der Waals surface area contributed by atoms with Gasteiger partial charge in [-0.1, -0.05) is 6.92 Å². The van der Waals surface area contributed by atoms with Crippen LogP contribution in [0.1, 0.15) is 25.0 Å². The number of hydrogen-bond acceptors (Lipinski definition) is 2. The number of aliphatic hydroxyl groups excluding tert-OH is 1. The Kier molecular flexibility index (Phi) is 3.23. The van der Waals surface area contributed by atoms with Crippen molar-refractivity contribution in [2.24, 2.45) is 0 Å². The third kappa shape index (κ3) is 2.31. The molecule has 2 nitrogen and oxygen atoms in total. The van der Waals surface area contributed by atoms with Crippen molar-refractivity contribution in [3.05, 3.63) is 29.6 Å². The summed E-state index contributed by atoms with van der Waals surface area (Å²) in [5.41, 5.74) is 2.45. The van der Waals surface area contributed by atoms with E-state index in [1.54, 1.807) is 13.1 Å². The topological polar surface area (TPSA) is 33.1 Å². The second kappa shape index (κ2) is 4.21. The number of aromatic nitrogens is 1. The average Bonchev–Trinajstić information content (AvgIpc) is 2.04. The number of hydrogen-bond donors (Lipinski definition) is 1. The van der Waals surface area contributed by atoms with Crippen LogP contribution in [0, 0.1) is 0 Å². The molecular formula is C10H15NO. The number of nitrogens with zero attached hydrogens (tertiary/aromatic N) is 1. The number of pyridine rings is 1. The van der Waals surface area contributed by atoms with Crippen LogP contribution in [0.25, 0.3) is 0 Å². The van der Waals surface area contributed by atoms with Crippen molar-refractivity contribution in [2.45, 2.75) is 32.8 Å². The molecule has 0 fully saturated rings. The number of rotatable bonds is 3. The molecule has 66 valence electrons. The maximum Gasteiger partial charge on any atom is 0.0553 e. The van der Waals surface area contributed by atoms with Crippen LogP contribution >= 0.6 is 0 Å². The summed E-state index contributed by atoms with van der Waals surface area (Å²) in [6.45, 7) is 3.91. The van der Waals surface area contributed by atoms with Gasteiger partial charge < -0.3 is 5.11 Å². The van der Waals surface area contributed by atoms with Crippen molar-refractivity contribution < 1.29 is 5.11 Å². The highest BCUT2D eigenvalue weighted by atomic mass is 16.3. The number of aryl methyl sites for hydroxylation is 1. The lowest BCUT2D eigenvalue weighted by Gasteiger charge is -2.07. The summed E-state index contributed by atoms with van der Waals surface area (Å²) < 4.78 is 0. The van der Waals surface area contributed by atoms with Gasteiger partial charge in [0.1, 0.15) is 0 Å². The van der Waals surface area contributed by atoms with Crippen molar-refractivity contribution in [2.75, 3.05) is 0 Å². The van der Waals surface area contributed by atoms with E-state index in [0.717, 1.165) is 12.0 Å². The molecule has 1 heterocycles. The minimum atomic E-state index is -0.278. The lowest BCUT2D eigenvalue weighted by atomic mass is 10.0. The van der Waals surface area contributed by atoms with Gasteiger partial charge in [-0.15, -0.1) is 0 Å². The quantitative estimate of drug-likeness (QED) is 0.737. The molecule has 0 amide bonds. The second-order valence-electron chi connectivity index (χ2n) is 3.05. The van der Waals surface area contributed by atoms with Gasteiger partial charge in [0.15, 0.2) is 0 Å². The van der Waals surface area contributed by atoms with Gasteiger partial charge in [-0.3, -0.25) is 4.98 Å². The molecule has 0 aliphatic rings. The molecular weight excluding hydrogens is 150 g/mol. The fraction of sp³-hybridized carbons (Fsp3) is 0.500. The first kappa shape index (κ1) is 9.20. The molecule has 1 N–H and O–H groups in total. The molecule has 0 bridgehead atoms. The first-order valence-corrected chi connectivity index (χ1v) is 4.34. The zero-order valence-corrected chi connectivity index (χ0v) is 7.62. The minimum absolute atomic E-state index is 0.278. The first-order valence-electron chi connectivity index (χ1n) is 4.34. The van der Waals surface area contributed by atoms with Gasteiger partial charge in [-0.2, -0.15) is 0 Å². The highest BCUT2D eigenvalue weighted by Crippen LogP contribution is 2.09. The molecule has 0 saturated heterocycles. The van der Waals surface area contributed by atoms with E-state index < -0.39 is 0 Å². The molecule has 1 aromatic rings. The summed E-state index contributed by atoms with van der Waals surface area (Å²) in [5, 5.41) is 9.20. The molecule has 1 aromatic heterocycles. The smallest absolute Gasteiger partial charge is 0.0553 e. The Balaban J connectivity index is 2.82. The second-order valence-corrected chi connectivity index (χ2v) is 3.05. The Labute approximate surface area is 73.3 Å². The van der Waals surface area contributed by atoms with E-state index in [1.807, 2.05) is 12.3 Å². The van der Waals surface area contributed by atoms with Gasteiger partial charge in [-0.05, 0) is 37.0 Å². The van der Waals surface area contributed by atoms with Crippen molar-refractivity contribution >= 4 is 0 Å². The van der Waals surface area contributed by atoms with Crippen LogP contribution in [0.2, 0.25) is 0 Å². The fourth-order valence-corrected chi connectivity index (χ4v) is 1.30. The van der Waals surface area contributed by atoms with E-state index in [-0.39, 0.29) is 6.10 Å². The SMILES string of the molecule is CCc1ccncc1CC(C)O. The van der Waals surface area contributed by atoms with Crippen LogP contribution in [-0.2, 0) is 12.8 Å². The van der Waals surface area contributed by atoms with Gasteiger partial charge in [0.05, 0.1) is 6.10 Å². The third-order valence-corrected chi connectivity index (χ3v) is 1.90. The molecule has 0 aliphatic carbocycles. The molecule has 1 rings (SSSR count). The predicted molar refractivity (Wildman–Crippen MR) is 49.0 cm³/mol. The van der Waals surface area contributed by atoms with Crippen LogP contribution in [-0.4, -0.2) is 16.2 Å². The summed E-state index contributed by atoms with van der Waals surface area (Å²) in [6, 6.07) is 2.01. The van der Waals surface area contributed by atoms with E-state index in [2.05, 4.69) is 11.9 Å². The van der Waals surface area contributed by atoms with Crippen LogP contribution in [0.15, 0.2) is 18.5 Å². The molecule has 0 spiro atoms. The van der Waals surface area contributed by atoms with E-state index in [4.69, 9.17) is 0 Å². The van der Waals surface area contributed by atoms with E-state index in [9.17, 15) is 5.11 Å². The summed E-state index contributed by atoms with van der Waals surface area (Å²) in [5.74, 6) is 0. The lowest BCUT2D eigenvalue weighted by molar-refractivity contribution is 0.195. The molecule has 0 aromatic carbocycles. The van der Waals surface area contributed by atoms with Crippen molar-refractivity contribution in [1.82, 2.24) is 4.98 Å². The highest BCUT2D eigenvalue weighted by Gasteiger charge is 2.03. The molecule has 0 radical (unpaired) electrons. The Morgan fingerprint density at radius 3 is 2.83 bits per heavy atom. The standard InChI is InChI=1S/C10H15NO/c1-3-9-4-5-11-7-10(9)6-8(2)12/h4-5,7-8,12H,3,6H2,1-2H3. The maximum absolute atomic E-state index is 9.20. The Morgan fingerprint density at radius 2 is 2.25 bits per heavy atom. The Morgan fingerprint density at radius 1 is 1.50 bits per heavy atom. The first-order chi connectivity index (χ1) is 5.74. The minimum Gasteiger partial charge on any atom is -0.393 e. The molecule has 0 saturated carbocycles. The lowest BCUT2D eigenvalue weighted by Crippen LogP contribution is -2.06. The predicted octanol–water partition coefficient (Wildman–Crippen LogP) is 1.57. The van der Waals surface area contributed by atoms with Gasteiger partial charge in [0.2, 0.25) is 0 Å². The van der Waals surface area contributed by atoms with E-state index in [1.165, 1.54) is 5.56 Å². The third-order valence-electron chi connectivity index (χ3n) is 1.90. The average molecular weight is 165 g/mol. The number of aliphatic hydroxyl groups is 1. The van der Waals surface area contributed by atoms with Crippen molar-refractivity contribution in [3.8, 4) is 0 Å². The molecule has 12 heavy (non-hydrogen) atoms.